The van der Waals surface area contributed by atoms with Gasteiger partial charge in [-0.1, -0.05) is 12.1 Å². The number of allylic oxidation sites excluding steroid dienone is 1. The summed E-state index contributed by atoms with van der Waals surface area (Å²) in [6.07, 6.45) is 3.98. The number of hydrogen-bond donors (Lipinski definition) is 0. The lowest BCUT2D eigenvalue weighted by Crippen LogP contribution is -2.05. The van der Waals surface area contributed by atoms with Gasteiger partial charge in [-0.2, -0.15) is 0 Å². The molecule has 0 radical (unpaired) electrons. The van der Waals surface area contributed by atoms with Crippen LogP contribution in [0.15, 0.2) is 42.5 Å². The lowest BCUT2D eigenvalue weighted by molar-refractivity contribution is -0.384. The van der Waals surface area contributed by atoms with E-state index >= 15 is 0 Å². The van der Waals surface area contributed by atoms with E-state index in [1.54, 1.807) is 12.1 Å². The molecule has 1 aliphatic rings. The van der Waals surface area contributed by atoms with Crippen LogP contribution in [0.4, 0.5) is 5.69 Å². The van der Waals surface area contributed by atoms with E-state index in [1.807, 2.05) is 26.0 Å². The minimum Gasteiger partial charge on any atom is -0.493 e. The van der Waals surface area contributed by atoms with Gasteiger partial charge in [0.05, 0.1) is 11.5 Å². The average Bonchev–Trinajstić information content (AvgIpc) is 2.98. The van der Waals surface area contributed by atoms with E-state index in [2.05, 4.69) is 0 Å². The van der Waals surface area contributed by atoms with Crippen molar-refractivity contribution in [2.24, 2.45) is 0 Å². The molecular formula is C20H19NO5. The predicted octanol–water partition coefficient (Wildman–Crippen LogP) is 4.21. The quantitative estimate of drug-likeness (QED) is 0.336. The molecular weight excluding hydrogens is 334 g/mol. The number of ketones is 1. The van der Waals surface area contributed by atoms with Crippen LogP contribution >= 0.6 is 0 Å². The maximum Gasteiger partial charge on any atom is 0.270 e. The summed E-state index contributed by atoms with van der Waals surface area (Å²) in [4.78, 5) is 22.7. The fourth-order valence-corrected chi connectivity index (χ4v) is 2.90. The molecule has 0 N–H and O–H groups in total. The first kappa shape index (κ1) is 17.7. The van der Waals surface area contributed by atoms with Crippen LogP contribution in [0.5, 0.6) is 11.5 Å². The van der Waals surface area contributed by atoms with Crippen molar-refractivity contribution in [1.29, 1.82) is 0 Å². The molecule has 2 aromatic carbocycles. The van der Waals surface area contributed by atoms with Gasteiger partial charge in [0, 0.05) is 35.2 Å². The number of ether oxygens (including phenoxy) is 2. The second-order valence-electron chi connectivity index (χ2n) is 6.07. The topological polar surface area (TPSA) is 78.7 Å². The van der Waals surface area contributed by atoms with Crippen molar-refractivity contribution in [3.8, 4) is 11.5 Å². The van der Waals surface area contributed by atoms with Gasteiger partial charge in [-0.05, 0) is 38.1 Å². The van der Waals surface area contributed by atoms with Crippen LogP contribution in [0.25, 0.3) is 6.08 Å². The number of carbonyl (C=O) groups is 1. The summed E-state index contributed by atoms with van der Waals surface area (Å²) in [6, 6.07) is 9.48. The molecule has 0 fully saturated rings. The Morgan fingerprint density at radius 1 is 1.38 bits per heavy atom. The lowest BCUT2D eigenvalue weighted by Gasteiger charge is -2.10. The van der Waals surface area contributed by atoms with Gasteiger partial charge < -0.3 is 9.47 Å². The number of nitro benzene ring substituents is 1. The number of non-ortho nitro benzene ring substituents is 1. The van der Waals surface area contributed by atoms with Crippen LogP contribution in [0.1, 0.15) is 35.3 Å². The van der Waals surface area contributed by atoms with E-state index < -0.39 is 4.92 Å². The molecule has 0 unspecified atom stereocenters. The summed E-state index contributed by atoms with van der Waals surface area (Å²) in [5, 5.41) is 10.9. The highest BCUT2D eigenvalue weighted by Gasteiger charge is 2.21. The molecule has 0 aromatic heterocycles. The van der Waals surface area contributed by atoms with Crippen molar-refractivity contribution < 1.29 is 19.2 Å². The number of nitrogens with zero attached hydrogens (tertiary/aromatic N) is 1. The molecule has 134 valence electrons. The molecule has 1 aliphatic heterocycles. The average molecular weight is 353 g/mol. The van der Waals surface area contributed by atoms with Crippen molar-refractivity contribution >= 4 is 17.5 Å². The van der Waals surface area contributed by atoms with Gasteiger partial charge in [0.25, 0.3) is 5.69 Å². The summed E-state index contributed by atoms with van der Waals surface area (Å²) in [6.45, 7) is 4.41. The maximum atomic E-state index is 12.4. The SMILES string of the molecule is CCOc1cc2c(cc1/C=C/C(=O)c1cccc([N+](=O)[O-])c1)O[C@@H](C)C2. The summed E-state index contributed by atoms with van der Waals surface area (Å²) in [5.41, 5.74) is 1.97. The first-order chi connectivity index (χ1) is 12.5. The molecule has 0 saturated carbocycles. The minimum absolute atomic E-state index is 0.112. The molecule has 6 nitrogen and oxygen atoms in total. The standard InChI is InChI=1S/C20H19NO5/c1-3-25-19-12-16-9-13(2)26-20(16)11-15(19)7-8-18(22)14-5-4-6-17(10-14)21(23)24/h4-8,10-13H,3,9H2,1-2H3/b8-7+/t13-/m0/s1. The zero-order valence-electron chi connectivity index (χ0n) is 14.6. The number of fused-ring (bicyclic) bond motifs is 1. The molecule has 0 spiro atoms. The van der Waals surface area contributed by atoms with E-state index in [0.717, 1.165) is 23.3 Å². The Balaban J connectivity index is 1.88. The first-order valence-electron chi connectivity index (χ1n) is 8.41. The zero-order valence-corrected chi connectivity index (χ0v) is 14.6. The molecule has 26 heavy (non-hydrogen) atoms. The Hall–Kier alpha value is -3.15. The molecule has 1 atom stereocenters. The highest BCUT2D eigenvalue weighted by molar-refractivity contribution is 6.07. The molecule has 0 aliphatic carbocycles. The van der Waals surface area contributed by atoms with Crippen LogP contribution in [0, 0.1) is 10.1 Å². The minimum atomic E-state index is -0.521. The van der Waals surface area contributed by atoms with Crippen molar-refractivity contribution in [3.63, 3.8) is 0 Å². The van der Waals surface area contributed by atoms with Gasteiger partial charge in [-0.25, -0.2) is 0 Å². The zero-order chi connectivity index (χ0) is 18.7. The van der Waals surface area contributed by atoms with Gasteiger partial charge in [-0.15, -0.1) is 0 Å². The molecule has 0 saturated heterocycles. The Labute approximate surface area is 151 Å². The van der Waals surface area contributed by atoms with Crippen molar-refractivity contribution in [1.82, 2.24) is 0 Å². The first-order valence-corrected chi connectivity index (χ1v) is 8.41. The molecule has 2 aromatic rings. The number of hydrogen-bond acceptors (Lipinski definition) is 5. The Morgan fingerprint density at radius 2 is 2.19 bits per heavy atom. The third-order valence-corrected chi connectivity index (χ3v) is 4.08. The van der Waals surface area contributed by atoms with Crippen LogP contribution in [-0.2, 0) is 6.42 Å². The predicted molar refractivity (Wildman–Crippen MR) is 97.9 cm³/mol. The van der Waals surface area contributed by atoms with Crippen molar-refractivity contribution in [2.75, 3.05) is 6.61 Å². The number of nitro groups is 1. The summed E-state index contributed by atoms with van der Waals surface area (Å²) < 4.78 is 11.4. The van der Waals surface area contributed by atoms with Gasteiger partial charge in [0.2, 0.25) is 0 Å². The highest BCUT2D eigenvalue weighted by Crippen LogP contribution is 2.35. The smallest absolute Gasteiger partial charge is 0.270 e. The Bertz CT molecular complexity index is 888. The Kier molecular flexibility index (Phi) is 5.02. The monoisotopic (exact) mass is 353 g/mol. The van der Waals surface area contributed by atoms with E-state index in [-0.39, 0.29) is 23.1 Å². The third-order valence-electron chi connectivity index (χ3n) is 4.08. The second kappa shape index (κ2) is 7.39. The molecule has 3 rings (SSSR count). The van der Waals surface area contributed by atoms with Crippen LogP contribution in [-0.4, -0.2) is 23.4 Å². The van der Waals surface area contributed by atoms with Crippen molar-refractivity contribution in [2.45, 2.75) is 26.4 Å². The lowest BCUT2D eigenvalue weighted by atomic mass is 10.0. The molecule has 6 heteroatoms. The number of carbonyl (C=O) groups excluding carboxylic acids is 1. The van der Waals surface area contributed by atoms with Gasteiger partial charge >= 0.3 is 0 Å². The molecule has 0 bridgehead atoms. The van der Waals surface area contributed by atoms with E-state index in [0.29, 0.717) is 12.4 Å². The highest BCUT2D eigenvalue weighted by atomic mass is 16.6. The van der Waals surface area contributed by atoms with Crippen LogP contribution in [0.2, 0.25) is 0 Å². The fourth-order valence-electron chi connectivity index (χ4n) is 2.90. The molecule has 1 heterocycles. The number of rotatable bonds is 6. The van der Waals surface area contributed by atoms with Crippen LogP contribution < -0.4 is 9.47 Å². The largest absolute Gasteiger partial charge is 0.493 e. The number of benzene rings is 2. The summed E-state index contributed by atoms with van der Waals surface area (Å²) >= 11 is 0. The van der Waals surface area contributed by atoms with Gasteiger partial charge in [0.15, 0.2) is 5.78 Å². The summed E-state index contributed by atoms with van der Waals surface area (Å²) in [7, 11) is 0. The molecule has 0 amide bonds. The van der Waals surface area contributed by atoms with Gasteiger partial charge in [0.1, 0.15) is 17.6 Å². The van der Waals surface area contributed by atoms with Crippen LogP contribution in [0.3, 0.4) is 0 Å². The second-order valence-corrected chi connectivity index (χ2v) is 6.07. The van der Waals surface area contributed by atoms with Crippen molar-refractivity contribution in [3.05, 3.63) is 69.3 Å². The maximum absolute atomic E-state index is 12.4. The third kappa shape index (κ3) is 3.74. The fraction of sp³-hybridized carbons (Fsp3) is 0.250. The van der Waals surface area contributed by atoms with E-state index in [1.165, 1.54) is 24.3 Å². The normalized spacial score (nSPS) is 15.5. The Morgan fingerprint density at radius 3 is 2.92 bits per heavy atom. The van der Waals surface area contributed by atoms with Gasteiger partial charge in [-0.3, -0.25) is 14.9 Å². The summed E-state index contributed by atoms with van der Waals surface area (Å²) in [5.74, 6) is 1.17. The van der Waals surface area contributed by atoms with E-state index in [4.69, 9.17) is 9.47 Å². The van der Waals surface area contributed by atoms with E-state index in [9.17, 15) is 14.9 Å².